The van der Waals surface area contributed by atoms with Gasteiger partial charge in [-0.05, 0) is 36.7 Å². The minimum atomic E-state index is -4.19. The van der Waals surface area contributed by atoms with Crippen molar-refractivity contribution in [1.82, 2.24) is 15.1 Å². The van der Waals surface area contributed by atoms with Gasteiger partial charge < -0.3 is 19.7 Å². The summed E-state index contributed by atoms with van der Waals surface area (Å²) in [7, 11) is 6.34. The summed E-state index contributed by atoms with van der Waals surface area (Å²) in [6.45, 7) is 1.14. The average Bonchev–Trinajstić information content (AvgIpc) is 2.62. The summed E-state index contributed by atoms with van der Waals surface area (Å²) in [5, 5.41) is 3.15. The van der Waals surface area contributed by atoms with Crippen LogP contribution in [-0.4, -0.2) is 76.4 Å². The number of likely N-dealkylation sites (N-methyl/N-ethyl adjacent to an activating group) is 1. The van der Waals surface area contributed by atoms with Crippen LogP contribution in [0.15, 0.2) is 17.1 Å². The number of rotatable bonds is 6. The van der Waals surface area contributed by atoms with Crippen molar-refractivity contribution in [2.45, 2.75) is 19.1 Å². The number of nitrogens with zero attached hydrogens (tertiary/aromatic N) is 3. The first kappa shape index (κ1) is 24.6. The van der Waals surface area contributed by atoms with E-state index >= 15 is 0 Å². The third-order valence-corrected chi connectivity index (χ3v) is 4.46. The summed E-state index contributed by atoms with van der Waals surface area (Å²) < 4.78 is 47.9. The topological polar surface area (TPSA) is 49.3 Å². The molecule has 0 saturated carbocycles. The van der Waals surface area contributed by atoms with Crippen LogP contribution in [0.3, 0.4) is 0 Å². The molecule has 0 unspecified atom stereocenters. The van der Waals surface area contributed by atoms with Crippen molar-refractivity contribution in [3.63, 3.8) is 0 Å². The Morgan fingerprint density at radius 2 is 1.82 bits per heavy atom. The van der Waals surface area contributed by atoms with Gasteiger partial charge in [0.05, 0.1) is 20.8 Å². The molecule has 1 aliphatic rings. The van der Waals surface area contributed by atoms with E-state index in [2.05, 4.69) is 15.2 Å². The van der Waals surface area contributed by atoms with Crippen LogP contribution in [-0.2, 0) is 13.0 Å². The number of aliphatic imine (C=N–C) groups is 1. The summed E-state index contributed by atoms with van der Waals surface area (Å²) in [6, 6.07) is 3.96. The molecule has 1 aromatic rings. The minimum Gasteiger partial charge on any atom is -0.493 e. The van der Waals surface area contributed by atoms with Crippen molar-refractivity contribution in [3.05, 3.63) is 23.3 Å². The maximum absolute atomic E-state index is 12.4. The maximum atomic E-state index is 12.4. The number of methoxy groups -OCH3 is 2. The molecule has 1 aliphatic heterocycles. The molecule has 0 saturated heterocycles. The number of nitrogens with one attached hydrogen (secondary N) is 1. The first-order chi connectivity index (χ1) is 12.8. The van der Waals surface area contributed by atoms with E-state index in [0.717, 1.165) is 18.5 Å². The van der Waals surface area contributed by atoms with Crippen LogP contribution in [0.2, 0.25) is 0 Å². The van der Waals surface area contributed by atoms with Crippen molar-refractivity contribution < 1.29 is 22.6 Å². The molecule has 1 N–H and O–H groups in total. The zero-order valence-corrected chi connectivity index (χ0v) is 18.9. The van der Waals surface area contributed by atoms with Gasteiger partial charge in [0.15, 0.2) is 17.5 Å². The Hall–Kier alpha value is -1.43. The molecule has 2 rings (SSSR count). The number of fused-ring (bicyclic) bond motifs is 1. The summed E-state index contributed by atoms with van der Waals surface area (Å²) in [5.74, 6) is 2.06. The van der Waals surface area contributed by atoms with Crippen LogP contribution in [0.4, 0.5) is 13.2 Å². The monoisotopic (exact) mass is 516 g/mol. The molecular weight excluding hydrogens is 488 g/mol. The number of guanidine groups is 1. The fraction of sp³-hybridized carbons (Fsp3) is 0.611. The third kappa shape index (κ3) is 6.87. The Labute approximate surface area is 181 Å². The van der Waals surface area contributed by atoms with Crippen molar-refractivity contribution in [3.8, 4) is 11.5 Å². The molecule has 0 atom stereocenters. The molecule has 0 spiro atoms. The van der Waals surface area contributed by atoms with E-state index in [-0.39, 0.29) is 30.5 Å². The molecule has 0 aromatic heterocycles. The highest BCUT2D eigenvalue weighted by Crippen LogP contribution is 2.33. The van der Waals surface area contributed by atoms with Gasteiger partial charge in [-0.1, -0.05) is 0 Å². The molecule has 0 bridgehead atoms. The first-order valence-electron chi connectivity index (χ1n) is 8.72. The fourth-order valence-electron chi connectivity index (χ4n) is 3.14. The standard InChI is InChI=1S/C18H27F3N4O2.HI/c1-22-17(23-6-8-24(2)12-18(19,20)21)25-7-5-13-9-15(26-3)16(27-4)10-14(13)11-25;/h9-10H,5-8,11-12H2,1-4H3,(H,22,23);1H. The Balaban J connectivity index is 0.00000392. The Morgan fingerprint density at radius 3 is 2.36 bits per heavy atom. The number of alkyl halides is 3. The number of hydrogen-bond acceptors (Lipinski definition) is 4. The third-order valence-electron chi connectivity index (χ3n) is 4.46. The molecule has 1 heterocycles. The van der Waals surface area contributed by atoms with Gasteiger partial charge in [-0.3, -0.25) is 9.89 Å². The second-order valence-corrected chi connectivity index (χ2v) is 6.47. The van der Waals surface area contributed by atoms with Gasteiger partial charge in [0.1, 0.15) is 0 Å². The van der Waals surface area contributed by atoms with E-state index in [4.69, 9.17) is 9.47 Å². The van der Waals surface area contributed by atoms with E-state index in [9.17, 15) is 13.2 Å². The van der Waals surface area contributed by atoms with Gasteiger partial charge in [0, 0.05) is 33.2 Å². The molecule has 0 radical (unpaired) electrons. The normalized spacial score (nSPS) is 14.4. The smallest absolute Gasteiger partial charge is 0.401 e. The molecule has 160 valence electrons. The second kappa shape index (κ2) is 10.9. The van der Waals surface area contributed by atoms with Crippen molar-refractivity contribution >= 4 is 29.9 Å². The van der Waals surface area contributed by atoms with Gasteiger partial charge in [-0.15, -0.1) is 24.0 Å². The molecule has 0 fully saturated rings. The highest BCUT2D eigenvalue weighted by Gasteiger charge is 2.29. The molecule has 1 aromatic carbocycles. The minimum absolute atomic E-state index is 0. The number of benzene rings is 1. The second-order valence-electron chi connectivity index (χ2n) is 6.47. The van der Waals surface area contributed by atoms with E-state index in [1.54, 1.807) is 21.3 Å². The number of halogens is 4. The van der Waals surface area contributed by atoms with Crippen LogP contribution in [0.1, 0.15) is 11.1 Å². The van der Waals surface area contributed by atoms with Crippen LogP contribution in [0.25, 0.3) is 0 Å². The van der Waals surface area contributed by atoms with E-state index in [1.165, 1.54) is 17.5 Å². The Morgan fingerprint density at radius 1 is 1.21 bits per heavy atom. The lowest BCUT2D eigenvalue weighted by atomic mass is 9.99. The lowest BCUT2D eigenvalue weighted by molar-refractivity contribution is -0.142. The van der Waals surface area contributed by atoms with Gasteiger partial charge in [-0.25, -0.2) is 0 Å². The zero-order chi connectivity index (χ0) is 20.0. The predicted octanol–water partition coefficient (Wildman–Crippen LogP) is 2.75. The molecule has 10 heteroatoms. The first-order valence-corrected chi connectivity index (χ1v) is 8.72. The van der Waals surface area contributed by atoms with Gasteiger partial charge in [-0.2, -0.15) is 13.2 Å². The van der Waals surface area contributed by atoms with E-state index in [0.29, 0.717) is 30.5 Å². The molecule has 28 heavy (non-hydrogen) atoms. The van der Waals surface area contributed by atoms with Gasteiger partial charge >= 0.3 is 6.18 Å². The Bertz CT molecular complexity index is 671. The Kier molecular flexibility index (Phi) is 9.61. The van der Waals surface area contributed by atoms with Crippen molar-refractivity contribution in [1.29, 1.82) is 0 Å². The highest BCUT2D eigenvalue weighted by atomic mass is 127. The number of hydrogen-bond donors (Lipinski definition) is 1. The lowest BCUT2D eigenvalue weighted by Crippen LogP contribution is -2.46. The maximum Gasteiger partial charge on any atom is 0.401 e. The van der Waals surface area contributed by atoms with Crippen molar-refractivity contribution in [2.24, 2.45) is 4.99 Å². The van der Waals surface area contributed by atoms with E-state index < -0.39 is 12.7 Å². The lowest BCUT2D eigenvalue weighted by Gasteiger charge is -2.32. The largest absolute Gasteiger partial charge is 0.493 e. The molecule has 6 nitrogen and oxygen atoms in total. The summed E-state index contributed by atoms with van der Waals surface area (Å²) >= 11 is 0. The summed E-state index contributed by atoms with van der Waals surface area (Å²) in [5.41, 5.74) is 2.32. The zero-order valence-electron chi connectivity index (χ0n) is 16.6. The fourth-order valence-corrected chi connectivity index (χ4v) is 3.14. The SMILES string of the molecule is CN=C(NCCN(C)CC(F)(F)F)N1CCc2cc(OC)c(OC)cc2C1.I. The molecular formula is C18H28F3IN4O2. The summed E-state index contributed by atoms with van der Waals surface area (Å²) in [6.07, 6.45) is -3.36. The van der Waals surface area contributed by atoms with Gasteiger partial charge in [0.25, 0.3) is 0 Å². The summed E-state index contributed by atoms with van der Waals surface area (Å²) in [4.78, 5) is 7.59. The average molecular weight is 516 g/mol. The quantitative estimate of drug-likeness (QED) is 0.358. The predicted molar refractivity (Wildman–Crippen MR) is 114 cm³/mol. The molecule has 0 amide bonds. The van der Waals surface area contributed by atoms with Crippen LogP contribution < -0.4 is 14.8 Å². The van der Waals surface area contributed by atoms with E-state index in [1.807, 2.05) is 12.1 Å². The molecule has 0 aliphatic carbocycles. The highest BCUT2D eigenvalue weighted by molar-refractivity contribution is 14.0. The van der Waals surface area contributed by atoms with Gasteiger partial charge in [0.2, 0.25) is 0 Å². The van der Waals surface area contributed by atoms with Crippen LogP contribution in [0.5, 0.6) is 11.5 Å². The van der Waals surface area contributed by atoms with Crippen molar-refractivity contribution in [2.75, 3.05) is 54.5 Å². The van der Waals surface area contributed by atoms with Crippen LogP contribution >= 0.6 is 24.0 Å². The number of ether oxygens (including phenoxy) is 2. The van der Waals surface area contributed by atoms with Crippen LogP contribution in [0, 0.1) is 0 Å².